The normalized spacial score (nSPS) is 11.7. The highest BCUT2D eigenvalue weighted by molar-refractivity contribution is 7.32. The highest BCUT2D eigenvalue weighted by Crippen LogP contribution is 2.48. The quantitative estimate of drug-likeness (QED) is 0.0725. The molecule has 0 saturated carbocycles. The topological polar surface area (TPSA) is 34.9 Å². The smallest absolute Gasteiger partial charge is 0.160 e. The van der Waals surface area contributed by atoms with E-state index in [0.717, 1.165) is 52.1 Å². The molecular formula is C46H44N2OS4. The van der Waals surface area contributed by atoms with E-state index in [1.807, 2.05) is 40.1 Å². The van der Waals surface area contributed by atoms with Gasteiger partial charge in [-0.05, 0) is 90.9 Å². The van der Waals surface area contributed by atoms with E-state index in [2.05, 4.69) is 115 Å². The Bertz CT molecular complexity index is 2420. The number of unbranched alkanes of at least 4 members (excludes halogenated alkanes) is 6. The zero-order valence-corrected chi connectivity index (χ0v) is 33.7. The van der Waals surface area contributed by atoms with Gasteiger partial charge in [0.1, 0.15) is 5.82 Å². The van der Waals surface area contributed by atoms with Gasteiger partial charge in [0.15, 0.2) is 6.29 Å². The lowest BCUT2D eigenvalue weighted by molar-refractivity contribution is 0.112. The van der Waals surface area contributed by atoms with Crippen LogP contribution < -0.4 is 0 Å². The molecule has 5 aromatic heterocycles. The van der Waals surface area contributed by atoms with E-state index >= 15 is 0 Å². The van der Waals surface area contributed by atoms with Crippen molar-refractivity contribution in [3.05, 3.63) is 119 Å². The van der Waals surface area contributed by atoms with Crippen LogP contribution in [-0.2, 0) is 12.8 Å². The summed E-state index contributed by atoms with van der Waals surface area (Å²) in [6.07, 6.45) is 13.2. The molecule has 3 aromatic carbocycles. The number of aldehydes is 1. The molecule has 0 saturated heterocycles. The minimum absolute atomic E-state index is 0.807. The first-order valence-corrected chi connectivity index (χ1v) is 22.3. The summed E-state index contributed by atoms with van der Waals surface area (Å²) in [7, 11) is 0. The third-order valence-electron chi connectivity index (χ3n) is 10.0. The van der Waals surface area contributed by atoms with Crippen LogP contribution >= 0.6 is 45.3 Å². The van der Waals surface area contributed by atoms with E-state index in [-0.39, 0.29) is 0 Å². The fourth-order valence-corrected chi connectivity index (χ4v) is 12.1. The van der Waals surface area contributed by atoms with Gasteiger partial charge in [-0.15, -0.1) is 45.3 Å². The third kappa shape index (κ3) is 7.63. The van der Waals surface area contributed by atoms with E-state index in [1.165, 1.54) is 102 Å². The molecule has 0 radical (unpaired) electrons. The van der Waals surface area contributed by atoms with Crippen molar-refractivity contribution in [2.24, 2.45) is 0 Å². The number of hydrogen-bond acceptors (Lipinski definition) is 6. The van der Waals surface area contributed by atoms with Crippen molar-refractivity contribution in [2.45, 2.75) is 78.1 Å². The molecule has 268 valence electrons. The number of rotatable bonds is 16. The van der Waals surface area contributed by atoms with Crippen molar-refractivity contribution in [2.75, 3.05) is 0 Å². The fraction of sp³-hybridized carbons (Fsp3) is 0.261. The van der Waals surface area contributed by atoms with Crippen LogP contribution in [-0.4, -0.2) is 15.8 Å². The highest BCUT2D eigenvalue weighted by Gasteiger charge is 2.20. The van der Waals surface area contributed by atoms with Crippen molar-refractivity contribution >= 4 is 72.1 Å². The SMILES string of the molecule is CCCCCCc1cc(-c2sc(-c3cc4sc(C=O)cc4s3)cc2CCCCCC)sc1-c1ccc(-c2nc3ccccc3n2-c2ccccc2)cc1. The Labute approximate surface area is 328 Å². The number of imidazole rings is 1. The summed E-state index contributed by atoms with van der Waals surface area (Å²) in [4.78, 5) is 24.2. The minimum Gasteiger partial charge on any atom is -0.297 e. The molecule has 0 aliphatic rings. The molecule has 0 spiro atoms. The van der Waals surface area contributed by atoms with E-state index < -0.39 is 0 Å². The average Bonchev–Trinajstić information content (AvgIpc) is 4.02. The van der Waals surface area contributed by atoms with Crippen molar-refractivity contribution in [1.82, 2.24) is 9.55 Å². The number of para-hydroxylation sites is 3. The molecule has 0 aliphatic heterocycles. The Morgan fingerprint density at radius 2 is 1.21 bits per heavy atom. The average molecular weight is 769 g/mol. The van der Waals surface area contributed by atoms with Gasteiger partial charge in [-0.25, -0.2) is 4.98 Å². The number of benzene rings is 3. The fourth-order valence-electron chi connectivity index (χ4n) is 7.26. The van der Waals surface area contributed by atoms with Crippen molar-refractivity contribution in [3.8, 4) is 47.0 Å². The third-order valence-corrected chi connectivity index (χ3v) is 15.0. The molecule has 0 unspecified atom stereocenters. The monoisotopic (exact) mass is 768 g/mol. The number of hydrogen-bond donors (Lipinski definition) is 0. The van der Waals surface area contributed by atoms with Crippen LogP contribution in [0.15, 0.2) is 103 Å². The van der Waals surface area contributed by atoms with Crippen molar-refractivity contribution in [1.29, 1.82) is 0 Å². The first-order valence-electron chi connectivity index (χ1n) is 19.0. The summed E-state index contributed by atoms with van der Waals surface area (Å²) in [6.45, 7) is 4.57. The molecule has 0 atom stereocenters. The molecule has 0 amide bonds. The Hall–Kier alpha value is -4.14. The van der Waals surface area contributed by atoms with E-state index in [9.17, 15) is 4.79 Å². The molecule has 53 heavy (non-hydrogen) atoms. The largest absolute Gasteiger partial charge is 0.297 e. The Kier molecular flexibility index (Phi) is 11.2. The predicted octanol–water partition coefficient (Wildman–Crippen LogP) is 15.2. The second-order valence-corrected chi connectivity index (χ2v) is 18.1. The van der Waals surface area contributed by atoms with E-state index in [1.54, 1.807) is 11.3 Å². The lowest BCUT2D eigenvalue weighted by Crippen LogP contribution is -1.97. The number of fused-ring (bicyclic) bond motifs is 2. The molecule has 0 bridgehead atoms. The second-order valence-electron chi connectivity index (χ2n) is 13.8. The summed E-state index contributed by atoms with van der Waals surface area (Å²) < 4.78 is 4.70. The molecule has 3 nitrogen and oxygen atoms in total. The first-order chi connectivity index (χ1) is 26.1. The standard InChI is InChI=1S/C46H44N2OS4/c1-3-5-7-10-16-33-27-43(45-34(17-11-8-6-4-2)26-39(52-45)42-29-41-40(51-42)28-36(30-49)50-41)53-44(33)31-22-24-32(25-23-31)46-47-37-20-14-15-21-38(37)48(46)35-18-12-9-13-19-35/h9,12-15,18-30H,3-8,10-11,16-17H2,1-2H3. The van der Waals surface area contributed by atoms with Gasteiger partial charge in [-0.3, -0.25) is 9.36 Å². The van der Waals surface area contributed by atoms with Crippen LogP contribution in [0.2, 0.25) is 0 Å². The van der Waals surface area contributed by atoms with Gasteiger partial charge >= 0.3 is 0 Å². The molecule has 5 heterocycles. The second kappa shape index (κ2) is 16.5. The lowest BCUT2D eigenvalue weighted by Gasteiger charge is -2.10. The van der Waals surface area contributed by atoms with E-state index in [4.69, 9.17) is 4.98 Å². The van der Waals surface area contributed by atoms with Gasteiger partial charge < -0.3 is 0 Å². The maximum Gasteiger partial charge on any atom is 0.160 e. The molecule has 0 aliphatic carbocycles. The Morgan fingerprint density at radius 1 is 0.585 bits per heavy atom. The Morgan fingerprint density at radius 3 is 1.92 bits per heavy atom. The van der Waals surface area contributed by atoms with Gasteiger partial charge in [0.25, 0.3) is 0 Å². The predicted molar refractivity (Wildman–Crippen MR) is 233 cm³/mol. The van der Waals surface area contributed by atoms with E-state index in [0.29, 0.717) is 0 Å². The molecule has 0 N–H and O–H groups in total. The van der Waals surface area contributed by atoms with Crippen LogP contribution in [0.3, 0.4) is 0 Å². The molecule has 0 fully saturated rings. The van der Waals surface area contributed by atoms with Crippen LogP contribution in [0.25, 0.3) is 67.5 Å². The van der Waals surface area contributed by atoms with Gasteiger partial charge in [0.05, 0.1) is 15.9 Å². The molecule has 8 rings (SSSR count). The highest BCUT2D eigenvalue weighted by atomic mass is 32.1. The summed E-state index contributed by atoms with van der Waals surface area (Å²) in [5.74, 6) is 0.963. The van der Waals surface area contributed by atoms with Gasteiger partial charge in [0.2, 0.25) is 0 Å². The minimum atomic E-state index is 0.807. The van der Waals surface area contributed by atoms with Gasteiger partial charge in [0, 0.05) is 45.0 Å². The number of carbonyl (C=O) groups is 1. The maximum absolute atomic E-state index is 11.4. The number of nitrogens with zero attached hydrogens (tertiary/aromatic N) is 2. The van der Waals surface area contributed by atoms with Crippen LogP contribution in [0.4, 0.5) is 0 Å². The summed E-state index contributed by atoms with van der Waals surface area (Å²) >= 11 is 7.33. The van der Waals surface area contributed by atoms with Gasteiger partial charge in [-0.1, -0.05) is 107 Å². The molecule has 7 heteroatoms. The zero-order chi connectivity index (χ0) is 36.1. The summed E-state index contributed by atoms with van der Waals surface area (Å²) in [5.41, 5.74) is 8.58. The maximum atomic E-state index is 11.4. The number of thiophene rings is 4. The molecule has 8 aromatic rings. The zero-order valence-electron chi connectivity index (χ0n) is 30.4. The number of aryl methyl sites for hydroxylation is 2. The molecular weight excluding hydrogens is 725 g/mol. The van der Waals surface area contributed by atoms with Crippen molar-refractivity contribution in [3.63, 3.8) is 0 Å². The first kappa shape index (κ1) is 35.9. The number of carbonyl (C=O) groups excluding carboxylic acids is 1. The lowest BCUT2D eigenvalue weighted by atomic mass is 10.0. The summed E-state index contributed by atoms with van der Waals surface area (Å²) in [5, 5.41) is 0. The number of aromatic nitrogens is 2. The van der Waals surface area contributed by atoms with Gasteiger partial charge in [-0.2, -0.15) is 0 Å². The Balaban J connectivity index is 1.17. The van der Waals surface area contributed by atoms with Crippen molar-refractivity contribution < 1.29 is 4.79 Å². The van der Waals surface area contributed by atoms with Crippen LogP contribution in [0.5, 0.6) is 0 Å². The van der Waals surface area contributed by atoms with Crippen LogP contribution in [0.1, 0.15) is 86.0 Å². The van der Waals surface area contributed by atoms with Crippen LogP contribution in [0, 0.1) is 0 Å². The summed E-state index contributed by atoms with van der Waals surface area (Å²) in [6, 6.07) is 37.4.